The molecular formula is C15H20N4O. The molecule has 106 valence electrons. The van der Waals surface area contributed by atoms with Crippen LogP contribution in [0.15, 0.2) is 24.3 Å². The fraction of sp³-hybridized carbons (Fsp3) is 0.333. The number of hydrogen-bond donors (Lipinski definition) is 2. The van der Waals surface area contributed by atoms with Crippen molar-refractivity contribution < 1.29 is 4.79 Å². The van der Waals surface area contributed by atoms with Crippen LogP contribution in [0, 0.1) is 13.8 Å². The number of H-pyrrole nitrogens is 1. The molecule has 1 aromatic carbocycles. The maximum Gasteiger partial charge on any atom is 0.257 e. The highest BCUT2D eigenvalue weighted by Gasteiger charge is 2.11. The molecule has 0 aliphatic rings. The van der Waals surface area contributed by atoms with Gasteiger partial charge in [-0.1, -0.05) is 17.7 Å². The minimum atomic E-state index is -0.130. The van der Waals surface area contributed by atoms with Crippen molar-refractivity contribution in [3.05, 3.63) is 46.6 Å². The monoisotopic (exact) mass is 272 g/mol. The smallest absolute Gasteiger partial charge is 0.257 e. The number of hydrogen-bond acceptors (Lipinski definition) is 3. The van der Waals surface area contributed by atoms with Crippen molar-refractivity contribution in [2.45, 2.75) is 20.4 Å². The number of anilines is 1. The third-order valence-corrected chi connectivity index (χ3v) is 3.00. The molecule has 0 atom stereocenters. The minimum Gasteiger partial charge on any atom is -0.305 e. The first kappa shape index (κ1) is 14.3. The van der Waals surface area contributed by atoms with Gasteiger partial charge >= 0.3 is 0 Å². The summed E-state index contributed by atoms with van der Waals surface area (Å²) in [4.78, 5) is 14.3. The van der Waals surface area contributed by atoms with E-state index in [0.29, 0.717) is 11.4 Å². The lowest BCUT2D eigenvalue weighted by Gasteiger charge is -2.07. The van der Waals surface area contributed by atoms with Crippen LogP contribution in [-0.2, 0) is 6.54 Å². The number of carbonyl (C=O) groups excluding carboxylic acids is 1. The van der Waals surface area contributed by atoms with Crippen LogP contribution in [0.2, 0.25) is 0 Å². The van der Waals surface area contributed by atoms with E-state index in [4.69, 9.17) is 0 Å². The fourth-order valence-electron chi connectivity index (χ4n) is 2.01. The number of amides is 1. The predicted molar refractivity (Wildman–Crippen MR) is 79.8 cm³/mol. The summed E-state index contributed by atoms with van der Waals surface area (Å²) in [5.74, 6) is 0.418. The molecule has 0 radical (unpaired) electrons. The second kappa shape index (κ2) is 5.88. The fourth-order valence-corrected chi connectivity index (χ4v) is 2.01. The van der Waals surface area contributed by atoms with Crippen LogP contribution >= 0.6 is 0 Å². The summed E-state index contributed by atoms with van der Waals surface area (Å²) in [6.07, 6.45) is 0. The molecule has 2 N–H and O–H groups in total. The number of aryl methyl sites for hydroxylation is 2. The van der Waals surface area contributed by atoms with Crippen LogP contribution in [0.3, 0.4) is 0 Å². The summed E-state index contributed by atoms with van der Waals surface area (Å²) in [5.41, 5.74) is 3.67. The molecule has 0 saturated heterocycles. The van der Waals surface area contributed by atoms with Gasteiger partial charge in [0.1, 0.15) is 0 Å². The van der Waals surface area contributed by atoms with Crippen molar-refractivity contribution in [2.24, 2.45) is 0 Å². The third kappa shape index (κ3) is 3.45. The molecule has 0 unspecified atom stereocenters. The van der Waals surface area contributed by atoms with Crippen molar-refractivity contribution in [3.8, 4) is 0 Å². The number of carbonyl (C=O) groups is 1. The Balaban J connectivity index is 2.11. The van der Waals surface area contributed by atoms with E-state index in [0.717, 1.165) is 23.4 Å². The molecule has 0 spiro atoms. The highest BCUT2D eigenvalue weighted by Crippen LogP contribution is 2.14. The van der Waals surface area contributed by atoms with E-state index in [2.05, 4.69) is 15.5 Å². The lowest BCUT2D eigenvalue weighted by Crippen LogP contribution is -2.14. The Kier molecular flexibility index (Phi) is 4.20. The topological polar surface area (TPSA) is 61.0 Å². The van der Waals surface area contributed by atoms with E-state index in [9.17, 15) is 4.79 Å². The van der Waals surface area contributed by atoms with Gasteiger partial charge in [-0.2, -0.15) is 5.10 Å². The number of nitrogens with zero attached hydrogens (tertiary/aromatic N) is 2. The number of aromatic amines is 1. The van der Waals surface area contributed by atoms with E-state index in [1.165, 1.54) is 0 Å². The summed E-state index contributed by atoms with van der Waals surface area (Å²) < 4.78 is 0. The van der Waals surface area contributed by atoms with Crippen LogP contribution in [-0.4, -0.2) is 35.1 Å². The van der Waals surface area contributed by atoms with Crippen molar-refractivity contribution in [2.75, 3.05) is 19.4 Å². The first-order valence-corrected chi connectivity index (χ1v) is 6.53. The summed E-state index contributed by atoms with van der Waals surface area (Å²) >= 11 is 0. The Labute approximate surface area is 119 Å². The Morgan fingerprint density at radius 2 is 2.05 bits per heavy atom. The summed E-state index contributed by atoms with van der Waals surface area (Å²) in [6.45, 7) is 4.66. The van der Waals surface area contributed by atoms with Gasteiger partial charge in [-0.25, -0.2) is 0 Å². The summed E-state index contributed by atoms with van der Waals surface area (Å²) in [5, 5.41) is 9.84. The number of nitrogens with one attached hydrogen (secondary N) is 2. The quantitative estimate of drug-likeness (QED) is 0.898. The summed E-state index contributed by atoms with van der Waals surface area (Å²) in [7, 11) is 3.96. The van der Waals surface area contributed by atoms with E-state index >= 15 is 0 Å². The Bertz CT molecular complexity index is 616. The van der Waals surface area contributed by atoms with Gasteiger partial charge in [0, 0.05) is 18.2 Å². The molecule has 0 aliphatic heterocycles. The zero-order valence-electron chi connectivity index (χ0n) is 12.3. The van der Waals surface area contributed by atoms with Crippen LogP contribution in [0.25, 0.3) is 0 Å². The standard InChI is InChI=1S/C15H20N4O/c1-10-5-6-11(2)13(7-10)15(20)16-14-8-12(17-18-14)9-19(3)4/h5-8H,9H2,1-4H3,(H2,16,17,18,20). The third-order valence-electron chi connectivity index (χ3n) is 3.00. The largest absolute Gasteiger partial charge is 0.305 e. The van der Waals surface area contributed by atoms with E-state index in [1.54, 1.807) is 0 Å². The zero-order valence-corrected chi connectivity index (χ0v) is 12.3. The number of aromatic nitrogens is 2. The molecule has 1 amide bonds. The lowest BCUT2D eigenvalue weighted by atomic mass is 10.1. The van der Waals surface area contributed by atoms with Crippen LogP contribution < -0.4 is 5.32 Å². The molecule has 5 nitrogen and oxygen atoms in total. The molecule has 5 heteroatoms. The van der Waals surface area contributed by atoms with E-state index in [1.807, 2.05) is 57.1 Å². The summed E-state index contributed by atoms with van der Waals surface area (Å²) in [6, 6.07) is 7.68. The predicted octanol–water partition coefficient (Wildman–Crippen LogP) is 2.34. The average Bonchev–Trinajstić information content (AvgIpc) is 2.78. The van der Waals surface area contributed by atoms with Gasteiger partial charge in [0.2, 0.25) is 0 Å². The Morgan fingerprint density at radius 1 is 1.30 bits per heavy atom. The first-order chi connectivity index (χ1) is 9.45. The van der Waals surface area contributed by atoms with Crippen molar-refractivity contribution in [1.82, 2.24) is 15.1 Å². The van der Waals surface area contributed by atoms with Crippen molar-refractivity contribution >= 4 is 11.7 Å². The highest BCUT2D eigenvalue weighted by molar-refractivity contribution is 6.04. The van der Waals surface area contributed by atoms with E-state index in [-0.39, 0.29) is 5.91 Å². The molecule has 1 aromatic heterocycles. The van der Waals surface area contributed by atoms with Crippen molar-refractivity contribution in [1.29, 1.82) is 0 Å². The van der Waals surface area contributed by atoms with Gasteiger partial charge in [-0.15, -0.1) is 0 Å². The molecule has 0 fully saturated rings. The second-order valence-electron chi connectivity index (χ2n) is 5.29. The minimum absolute atomic E-state index is 0.130. The second-order valence-corrected chi connectivity index (χ2v) is 5.29. The Hall–Kier alpha value is -2.14. The van der Waals surface area contributed by atoms with Gasteiger partial charge in [0.05, 0.1) is 5.69 Å². The Morgan fingerprint density at radius 3 is 2.75 bits per heavy atom. The highest BCUT2D eigenvalue weighted by atomic mass is 16.1. The zero-order chi connectivity index (χ0) is 14.7. The molecule has 2 aromatic rings. The van der Waals surface area contributed by atoms with Gasteiger partial charge in [-0.3, -0.25) is 9.89 Å². The SMILES string of the molecule is Cc1ccc(C)c(C(=O)Nc2cc(CN(C)C)[nH]n2)c1. The molecular weight excluding hydrogens is 252 g/mol. The molecule has 1 heterocycles. The van der Waals surface area contributed by atoms with Crippen molar-refractivity contribution in [3.63, 3.8) is 0 Å². The number of benzene rings is 1. The molecule has 0 aliphatic carbocycles. The molecule has 0 bridgehead atoms. The van der Waals surface area contributed by atoms with Gasteiger partial charge in [0.25, 0.3) is 5.91 Å². The average molecular weight is 272 g/mol. The maximum absolute atomic E-state index is 12.2. The normalized spacial score (nSPS) is 10.8. The van der Waals surface area contributed by atoms with Crippen LogP contribution in [0.4, 0.5) is 5.82 Å². The number of rotatable bonds is 4. The lowest BCUT2D eigenvalue weighted by molar-refractivity contribution is 0.102. The van der Waals surface area contributed by atoms with Crippen LogP contribution in [0.1, 0.15) is 27.2 Å². The van der Waals surface area contributed by atoms with Gasteiger partial charge < -0.3 is 10.2 Å². The molecule has 2 rings (SSSR count). The van der Waals surface area contributed by atoms with Gasteiger partial charge in [0.15, 0.2) is 5.82 Å². The van der Waals surface area contributed by atoms with E-state index < -0.39 is 0 Å². The maximum atomic E-state index is 12.2. The molecule has 0 saturated carbocycles. The molecule has 20 heavy (non-hydrogen) atoms. The van der Waals surface area contributed by atoms with Gasteiger partial charge in [-0.05, 0) is 39.6 Å². The first-order valence-electron chi connectivity index (χ1n) is 6.53. The van der Waals surface area contributed by atoms with Crippen LogP contribution in [0.5, 0.6) is 0 Å².